The first-order chi connectivity index (χ1) is 8.97. The molecular formula is C12H12N4O3. The van der Waals surface area contributed by atoms with E-state index in [4.69, 9.17) is 16.2 Å². The zero-order valence-corrected chi connectivity index (χ0v) is 10.2. The molecule has 0 atom stereocenters. The third-order valence-electron chi connectivity index (χ3n) is 2.44. The van der Waals surface area contributed by atoms with Gasteiger partial charge in [0.1, 0.15) is 5.75 Å². The van der Waals surface area contributed by atoms with E-state index in [9.17, 15) is 9.59 Å². The van der Waals surface area contributed by atoms with Gasteiger partial charge in [-0.15, -0.1) is 0 Å². The minimum absolute atomic E-state index is 0.176. The molecule has 4 N–H and O–H groups in total. The van der Waals surface area contributed by atoms with Crippen molar-refractivity contribution < 1.29 is 9.53 Å². The highest BCUT2D eigenvalue weighted by Gasteiger charge is 2.11. The molecule has 0 aliphatic carbocycles. The third kappa shape index (κ3) is 2.71. The number of nitrogens with two attached hydrogens (primary N) is 2. The minimum Gasteiger partial charge on any atom is -0.455 e. The second kappa shape index (κ2) is 4.81. The van der Waals surface area contributed by atoms with Crippen LogP contribution in [0.15, 0.2) is 35.3 Å². The van der Waals surface area contributed by atoms with E-state index in [2.05, 4.69) is 5.10 Å². The molecular weight excluding hydrogens is 248 g/mol. The molecule has 19 heavy (non-hydrogen) atoms. The Morgan fingerprint density at radius 1 is 1.37 bits per heavy atom. The molecule has 0 bridgehead atoms. The number of aromatic nitrogens is 2. The van der Waals surface area contributed by atoms with E-state index in [1.807, 2.05) is 0 Å². The number of nitrogen functional groups attached to an aromatic ring is 1. The maximum absolute atomic E-state index is 11.4. The Labute approximate surface area is 108 Å². The van der Waals surface area contributed by atoms with E-state index < -0.39 is 5.91 Å². The van der Waals surface area contributed by atoms with Gasteiger partial charge in [-0.3, -0.25) is 9.59 Å². The van der Waals surface area contributed by atoms with Gasteiger partial charge < -0.3 is 16.2 Å². The molecule has 0 radical (unpaired) electrons. The lowest BCUT2D eigenvalue weighted by molar-refractivity contribution is 0.0998. The van der Waals surface area contributed by atoms with Crippen molar-refractivity contribution in [3.63, 3.8) is 0 Å². The maximum atomic E-state index is 11.4. The van der Waals surface area contributed by atoms with Crippen LogP contribution >= 0.6 is 0 Å². The Morgan fingerprint density at radius 3 is 2.74 bits per heavy atom. The summed E-state index contributed by atoms with van der Waals surface area (Å²) in [7, 11) is 1.52. The number of carbonyl (C=O) groups is 1. The fourth-order valence-electron chi connectivity index (χ4n) is 1.46. The number of hydrogen-bond acceptors (Lipinski definition) is 5. The van der Waals surface area contributed by atoms with Gasteiger partial charge in [-0.05, 0) is 12.1 Å². The summed E-state index contributed by atoms with van der Waals surface area (Å²) < 4.78 is 6.58. The number of nitrogens with zero attached hydrogens (tertiary/aromatic N) is 2. The average molecular weight is 260 g/mol. The number of amides is 1. The van der Waals surface area contributed by atoms with Gasteiger partial charge in [-0.1, -0.05) is 0 Å². The Bertz CT molecular complexity index is 694. The van der Waals surface area contributed by atoms with Gasteiger partial charge in [-0.2, -0.15) is 5.10 Å². The minimum atomic E-state index is -0.646. The summed E-state index contributed by atoms with van der Waals surface area (Å²) in [4.78, 5) is 22.7. The first-order valence-corrected chi connectivity index (χ1v) is 5.38. The Kier molecular flexibility index (Phi) is 3.19. The topological polar surface area (TPSA) is 113 Å². The lowest BCUT2D eigenvalue weighted by atomic mass is 10.1. The number of carbonyl (C=O) groups excluding carboxylic acids is 1. The van der Waals surface area contributed by atoms with Crippen molar-refractivity contribution in [1.29, 1.82) is 0 Å². The number of aryl methyl sites for hydroxylation is 1. The fraction of sp³-hybridized carbons (Fsp3) is 0.0833. The standard InChI is InChI=1S/C12H12N4O3/c1-16-11(17)5-8(6-15-16)19-10-4-7(13)2-3-9(10)12(14)18/h2-6H,13H2,1H3,(H2,14,18). The quantitative estimate of drug-likeness (QED) is 0.768. The molecule has 0 aliphatic rings. The summed E-state index contributed by atoms with van der Waals surface area (Å²) in [5.74, 6) is -0.259. The average Bonchev–Trinajstić information content (AvgIpc) is 2.33. The molecule has 0 unspecified atom stereocenters. The predicted molar refractivity (Wildman–Crippen MR) is 68.9 cm³/mol. The van der Waals surface area contributed by atoms with Crippen molar-refractivity contribution in [3.05, 3.63) is 46.4 Å². The predicted octanol–water partition coefficient (Wildman–Crippen LogP) is 0.254. The molecule has 1 aromatic heterocycles. The molecule has 1 amide bonds. The van der Waals surface area contributed by atoms with Gasteiger partial charge in [0.05, 0.1) is 11.8 Å². The van der Waals surface area contributed by atoms with E-state index in [0.717, 1.165) is 4.68 Å². The van der Waals surface area contributed by atoms with Crippen LogP contribution in [0.25, 0.3) is 0 Å². The Hall–Kier alpha value is -2.83. The zero-order chi connectivity index (χ0) is 14.0. The molecule has 2 aromatic rings. The summed E-state index contributed by atoms with van der Waals surface area (Å²) in [6.45, 7) is 0. The lowest BCUT2D eigenvalue weighted by Crippen LogP contribution is -2.18. The zero-order valence-electron chi connectivity index (χ0n) is 10.2. The van der Waals surface area contributed by atoms with Crippen LogP contribution in [0.3, 0.4) is 0 Å². The molecule has 1 heterocycles. The van der Waals surface area contributed by atoms with E-state index in [-0.39, 0.29) is 22.6 Å². The molecule has 2 rings (SSSR count). The van der Waals surface area contributed by atoms with Crippen molar-refractivity contribution in [2.75, 3.05) is 5.73 Å². The fourth-order valence-corrected chi connectivity index (χ4v) is 1.46. The smallest absolute Gasteiger partial charge is 0.270 e. The van der Waals surface area contributed by atoms with Crippen LogP contribution < -0.4 is 21.8 Å². The van der Waals surface area contributed by atoms with Gasteiger partial charge in [0.25, 0.3) is 11.5 Å². The van der Waals surface area contributed by atoms with E-state index in [1.54, 1.807) is 0 Å². The monoisotopic (exact) mass is 260 g/mol. The van der Waals surface area contributed by atoms with Crippen LogP contribution in [0.4, 0.5) is 5.69 Å². The summed E-state index contributed by atoms with van der Waals surface area (Å²) in [6.07, 6.45) is 1.36. The lowest BCUT2D eigenvalue weighted by Gasteiger charge is -2.09. The second-order valence-corrected chi connectivity index (χ2v) is 3.88. The summed E-state index contributed by atoms with van der Waals surface area (Å²) in [6, 6.07) is 5.70. The molecule has 7 heteroatoms. The summed E-state index contributed by atoms with van der Waals surface area (Å²) in [5, 5.41) is 3.80. The van der Waals surface area contributed by atoms with Gasteiger partial charge in [0.15, 0.2) is 5.75 Å². The van der Waals surface area contributed by atoms with Gasteiger partial charge in [-0.25, -0.2) is 4.68 Å². The maximum Gasteiger partial charge on any atom is 0.270 e. The highest BCUT2D eigenvalue weighted by Crippen LogP contribution is 2.26. The van der Waals surface area contributed by atoms with Gasteiger partial charge >= 0.3 is 0 Å². The van der Waals surface area contributed by atoms with Crippen LogP contribution in [0.5, 0.6) is 11.5 Å². The SMILES string of the molecule is Cn1ncc(Oc2cc(N)ccc2C(N)=O)cc1=O. The Balaban J connectivity index is 2.42. The van der Waals surface area contributed by atoms with Crippen molar-refractivity contribution in [3.8, 4) is 11.5 Å². The molecule has 0 aliphatic heterocycles. The number of anilines is 1. The number of benzene rings is 1. The molecule has 0 fully saturated rings. The number of rotatable bonds is 3. The van der Waals surface area contributed by atoms with Crippen LogP contribution in [0.2, 0.25) is 0 Å². The molecule has 0 saturated heterocycles. The van der Waals surface area contributed by atoms with E-state index in [0.29, 0.717) is 5.69 Å². The summed E-state index contributed by atoms with van der Waals surface area (Å²) >= 11 is 0. The normalized spacial score (nSPS) is 10.2. The summed E-state index contributed by atoms with van der Waals surface area (Å²) in [5.41, 5.74) is 11.1. The largest absolute Gasteiger partial charge is 0.455 e. The van der Waals surface area contributed by atoms with Crippen LogP contribution in [-0.2, 0) is 7.05 Å². The van der Waals surface area contributed by atoms with Crippen molar-refractivity contribution in [1.82, 2.24) is 9.78 Å². The molecule has 0 saturated carbocycles. The van der Waals surface area contributed by atoms with Crippen molar-refractivity contribution in [2.45, 2.75) is 0 Å². The van der Waals surface area contributed by atoms with Crippen LogP contribution in [0.1, 0.15) is 10.4 Å². The van der Waals surface area contributed by atoms with Gasteiger partial charge in [0.2, 0.25) is 0 Å². The number of ether oxygens (including phenoxy) is 1. The van der Waals surface area contributed by atoms with E-state index in [1.165, 1.54) is 37.5 Å². The second-order valence-electron chi connectivity index (χ2n) is 3.88. The van der Waals surface area contributed by atoms with Crippen LogP contribution in [0, 0.1) is 0 Å². The van der Waals surface area contributed by atoms with E-state index >= 15 is 0 Å². The van der Waals surface area contributed by atoms with Crippen LogP contribution in [-0.4, -0.2) is 15.7 Å². The number of primary amides is 1. The van der Waals surface area contributed by atoms with Crippen molar-refractivity contribution >= 4 is 11.6 Å². The highest BCUT2D eigenvalue weighted by atomic mass is 16.5. The number of hydrogen-bond donors (Lipinski definition) is 2. The molecule has 1 aromatic carbocycles. The molecule has 0 spiro atoms. The Morgan fingerprint density at radius 2 is 2.11 bits per heavy atom. The third-order valence-corrected chi connectivity index (χ3v) is 2.44. The molecule has 98 valence electrons. The molecule has 7 nitrogen and oxygen atoms in total. The van der Waals surface area contributed by atoms with Gasteiger partial charge in [0, 0.05) is 24.9 Å². The first-order valence-electron chi connectivity index (χ1n) is 5.38. The highest BCUT2D eigenvalue weighted by molar-refractivity contribution is 5.96. The van der Waals surface area contributed by atoms with Crippen molar-refractivity contribution in [2.24, 2.45) is 12.8 Å². The first kappa shape index (κ1) is 12.6.